The van der Waals surface area contributed by atoms with Gasteiger partial charge in [0.1, 0.15) is 22.0 Å². The van der Waals surface area contributed by atoms with Gasteiger partial charge < -0.3 is 14.6 Å². The Hall–Kier alpha value is -1.38. The summed E-state index contributed by atoms with van der Waals surface area (Å²) in [5.74, 6) is -1.26. The number of aliphatic hydroxyl groups is 1. The van der Waals surface area contributed by atoms with Gasteiger partial charge in [-0.1, -0.05) is 6.92 Å². The van der Waals surface area contributed by atoms with E-state index in [4.69, 9.17) is 9.52 Å². The van der Waals surface area contributed by atoms with Crippen LogP contribution in [0.2, 0.25) is 0 Å². The third kappa shape index (κ3) is 3.02. The predicted octanol–water partition coefficient (Wildman–Crippen LogP) is 0.988. The van der Waals surface area contributed by atoms with Crippen molar-refractivity contribution in [2.24, 2.45) is 0 Å². The van der Waals surface area contributed by atoms with Gasteiger partial charge in [0.2, 0.25) is 10.0 Å². The molecule has 0 aliphatic heterocycles. The van der Waals surface area contributed by atoms with E-state index in [1.54, 1.807) is 6.92 Å². The highest BCUT2D eigenvalue weighted by Gasteiger charge is 2.34. The molecule has 0 atom stereocenters. The molecule has 0 bridgehead atoms. The summed E-state index contributed by atoms with van der Waals surface area (Å²) in [6.45, 7) is 4.40. The van der Waals surface area contributed by atoms with Crippen molar-refractivity contribution in [3.05, 3.63) is 17.1 Å². The lowest BCUT2D eigenvalue weighted by molar-refractivity contribution is 0.0691. The second-order valence-electron chi connectivity index (χ2n) is 4.35. The number of aliphatic hydroxyl groups excluding tert-OH is 1. The van der Waals surface area contributed by atoms with E-state index < -0.39 is 16.0 Å². The Labute approximate surface area is 117 Å². The van der Waals surface area contributed by atoms with Gasteiger partial charge in [-0.05, 0) is 20.3 Å². The minimum absolute atomic E-state index is 0.0407. The average molecular weight is 305 g/mol. The molecule has 1 heterocycles. The summed E-state index contributed by atoms with van der Waals surface area (Å²) in [6, 6.07) is 0. The van der Waals surface area contributed by atoms with Gasteiger partial charge in [0, 0.05) is 13.1 Å². The molecule has 1 aromatic rings. The first-order valence-electron chi connectivity index (χ1n) is 6.21. The summed E-state index contributed by atoms with van der Waals surface area (Å²) >= 11 is 0. The molecule has 0 spiro atoms. The Morgan fingerprint density at radius 2 is 1.85 bits per heavy atom. The molecular weight excluding hydrogens is 286 g/mol. The zero-order chi connectivity index (χ0) is 15.5. The number of hydrogen-bond donors (Lipinski definition) is 2. The largest absolute Gasteiger partial charge is 0.478 e. The molecular formula is C12H19NO6S. The van der Waals surface area contributed by atoms with Crippen molar-refractivity contribution in [3.63, 3.8) is 0 Å². The number of carbonyl (C=O) groups is 1. The van der Waals surface area contributed by atoms with Crippen LogP contribution in [0.25, 0.3) is 0 Å². The van der Waals surface area contributed by atoms with Crippen LogP contribution in [0, 0.1) is 13.8 Å². The molecule has 0 aliphatic carbocycles. The Balaban J connectivity index is 3.44. The highest BCUT2D eigenvalue weighted by molar-refractivity contribution is 7.89. The summed E-state index contributed by atoms with van der Waals surface area (Å²) in [7, 11) is -4.01. The molecule has 0 aliphatic rings. The van der Waals surface area contributed by atoms with Gasteiger partial charge in [0.05, 0.1) is 6.61 Å². The molecule has 0 saturated heterocycles. The molecule has 114 valence electrons. The number of aryl methyl sites for hydroxylation is 2. The highest BCUT2D eigenvalue weighted by atomic mass is 32.2. The van der Waals surface area contributed by atoms with E-state index in [0.717, 1.165) is 4.31 Å². The number of rotatable bonds is 7. The Bertz CT molecular complexity index is 583. The average Bonchev–Trinajstić information content (AvgIpc) is 2.64. The quantitative estimate of drug-likeness (QED) is 0.777. The number of carboxylic acids is 1. The van der Waals surface area contributed by atoms with Crippen LogP contribution >= 0.6 is 0 Å². The van der Waals surface area contributed by atoms with Gasteiger partial charge in [-0.2, -0.15) is 4.31 Å². The van der Waals surface area contributed by atoms with Crippen molar-refractivity contribution in [2.45, 2.75) is 32.1 Å². The number of furan rings is 1. The van der Waals surface area contributed by atoms with Gasteiger partial charge >= 0.3 is 5.97 Å². The van der Waals surface area contributed by atoms with Crippen molar-refractivity contribution in [2.75, 3.05) is 19.7 Å². The van der Waals surface area contributed by atoms with Crippen LogP contribution in [-0.4, -0.2) is 48.6 Å². The van der Waals surface area contributed by atoms with E-state index in [2.05, 4.69) is 0 Å². The SMILES string of the molecule is CCCN(CCO)S(=O)(=O)c1c(C)oc(C)c1C(=O)O. The second kappa shape index (κ2) is 6.38. The molecule has 0 radical (unpaired) electrons. The molecule has 1 rings (SSSR count). The number of aromatic carboxylic acids is 1. The summed E-state index contributed by atoms with van der Waals surface area (Å²) in [5.41, 5.74) is -0.346. The van der Waals surface area contributed by atoms with Crippen LogP contribution in [0.5, 0.6) is 0 Å². The third-order valence-corrected chi connectivity index (χ3v) is 4.89. The van der Waals surface area contributed by atoms with E-state index in [0.29, 0.717) is 6.42 Å². The van der Waals surface area contributed by atoms with E-state index in [1.165, 1.54) is 13.8 Å². The fourth-order valence-corrected chi connectivity index (χ4v) is 3.96. The van der Waals surface area contributed by atoms with Crippen LogP contribution in [0.3, 0.4) is 0 Å². The smallest absolute Gasteiger partial charge is 0.340 e. The molecule has 0 unspecified atom stereocenters. The minimum Gasteiger partial charge on any atom is -0.478 e. The van der Waals surface area contributed by atoms with Crippen LogP contribution in [-0.2, 0) is 10.0 Å². The molecule has 20 heavy (non-hydrogen) atoms. The molecule has 8 heteroatoms. The monoisotopic (exact) mass is 305 g/mol. The first kappa shape index (κ1) is 16.7. The molecule has 2 N–H and O–H groups in total. The Morgan fingerprint density at radius 3 is 2.30 bits per heavy atom. The summed E-state index contributed by atoms with van der Waals surface area (Å²) in [4.78, 5) is 10.9. The first-order chi connectivity index (χ1) is 9.27. The zero-order valence-corrected chi connectivity index (χ0v) is 12.5. The summed E-state index contributed by atoms with van der Waals surface area (Å²) in [6.07, 6.45) is 0.553. The van der Waals surface area contributed by atoms with Gasteiger partial charge in [-0.3, -0.25) is 0 Å². The molecule has 0 aromatic carbocycles. The lowest BCUT2D eigenvalue weighted by Crippen LogP contribution is -2.35. The normalized spacial score (nSPS) is 12.1. The van der Waals surface area contributed by atoms with E-state index >= 15 is 0 Å². The molecule has 0 fully saturated rings. The second-order valence-corrected chi connectivity index (χ2v) is 6.23. The molecule has 1 aromatic heterocycles. The maximum Gasteiger partial charge on any atom is 0.340 e. The maximum atomic E-state index is 12.6. The first-order valence-corrected chi connectivity index (χ1v) is 7.65. The van der Waals surface area contributed by atoms with Crippen LogP contribution in [0.15, 0.2) is 9.31 Å². The van der Waals surface area contributed by atoms with Gasteiger partial charge in [0.25, 0.3) is 0 Å². The third-order valence-electron chi connectivity index (χ3n) is 2.84. The fourth-order valence-electron chi connectivity index (χ4n) is 2.06. The Kier molecular flexibility index (Phi) is 5.32. The lowest BCUT2D eigenvalue weighted by Gasteiger charge is -2.20. The minimum atomic E-state index is -4.01. The summed E-state index contributed by atoms with van der Waals surface area (Å²) in [5, 5.41) is 18.2. The van der Waals surface area contributed by atoms with Gasteiger partial charge in [-0.25, -0.2) is 13.2 Å². The lowest BCUT2D eigenvalue weighted by atomic mass is 10.2. The van der Waals surface area contributed by atoms with Crippen molar-refractivity contribution in [3.8, 4) is 0 Å². The number of carboxylic acid groups (broad SMARTS) is 1. The van der Waals surface area contributed by atoms with Gasteiger partial charge in [-0.15, -0.1) is 0 Å². The van der Waals surface area contributed by atoms with Crippen LogP contribution < -0.4 is 0 Å². The van der Waals surface area contributed by atoms with Crippen LogP contribution in [0.1, 0.15) is 35.2 Å². The molecule has 0 amide bonds. The topological polar surface area (TPSA) is 108 Å². The zero-order valence-electron chi connectivity index (χ0n) is 11.7. The van der Waals surface area contributed by atoms with Crippen molar-refractivity contribution < 1.29 is 27.8 Å². The van der Waals surface area contributed by atoms with E-state index in [-0.39, 0.29) is 41.7 Å². The number of sulfonamides is 1. The Morgan fingerprint density at radius 1 is 1.25 bits per heavy atom. The molecule has 7 nitrogen and oxygen atoms in total. The van der Waals surface area contributed by atoms with Crippen molar-refractivity contribution >= 4 is 16.0 Å². The number of nitrogens with zero attached hydrogens (tertiary/aromatic N) is 1. The van der Waals surface area contributed by atoms with E-state index in [1.807, 2.05) is 0 Å². The summed E-state index contributed by atoms with van der Waals surface area (Å²) < 4.78 is 31.3. The fraction of sp³-hybridized carbons (Fsp3) is 0.583. The highest BCUT2D eigenvalue weighted by Crippen LogP contribution is 2.29. The van der Waals surface area contributed by atoms with Crippen molar-refractivity contribution in [1.82, 2.24) is 4.31 Å². The number of hydrogen-bond acceptors (Lipinski definition) is 5. The standard InChI is InChI=1S/C12H19NO6S/c1-4-5-13(6-7-14)20(17,18)11-9(3)19-8(2)10(11)12(15)16/h14H,4-7H2,1-3H3,(H,15,16). The predicted molar refractivity (Wildman–Crippen MR) is 71.3 cm³/mol. The van der Waals surface area contributed by atoms with Crippen LogP contribution in [0.4, 0.5) is 0 Å². The maximum absolute atomic E-state index is 12.6. The molecule has 0 saturated carbocycles. The van der Waals surface area contributed by atoms with Crippen molar-refractivity contribution in [1.29, 1.82) is 0 Å². The van der Waals surface area contributed by atoms with Gasteiger partial charge in [0.15, 0.2) is 0 Å². The van der Waals surface area contributed by atoms with E-state index in [9.17, 15) is 18.3 Å².